The first kappa shape index (κ1) is 14.8. The lowest BCUT2D eigenvalue weighted by Gasteiger charge is -2.27. The Hall–Kier alpha value is -1.65. The van der Waals surface area contributed by atoms with Gasteiger partial charge in [0.15, 0.2) is 0 Å². The van der Waals surface area contributed by atoms with Gasteiger partial charge in [0.05, 0.1) is 0 Å². The minimum atomic E-state index is -0.108. The second kappa shape index (κ2) is 6.68. The lowest BCUT2D eigenvalue weighted by molar-refractivity contribution is 0.0934. The number of carbonyl (C=O) groups excluding carboxylic acids is 1. The summed E-state index contributed by atoms with van der Waals surface area (Å²) in [5, 5.41) is 2.96. The predicted octanol–water partition coefficient (Wildman–Crippen LogP) is 2.30. The third kappa shape index (κ3) is 3.68. The summed E-state index contributed by atoms with van der Waals surface area (Å²) >= 11 is 0. The third-order valence-electron chi connectivity index (χ3n) is 3.70. The number of aryl methyl sites for hydroxylation is 1. The molecule has 2 heterocycles. The van der Waals surface area contributed by atoms with Crippen LogP contribution in [-0.2, 0) is 0 Å². The first-order valence-corrected chi connectivity index (χ1v) is 7.51. The Morgan fingerprint density at radius 3 is 2.70 bits per heavy atom. The Morgan fingerprint density at radius 1 is 1.35 bits per heavy atom. The minimum absolute atomic E-state index is 0.108. The van der Waals surface area contributed by atoms with E-state index in [1.165, 1.54) is 19.3 Å². The van der Waals surface area contributed by atoms with E-state index in [-0.39, 0.29) is 11.9 Å². The maximum absolute atomic E-state index is 12.2. The fourth-order valence-electron chi connectivity index (χ4n) is 2.30. The van der Waals surface area contributed by atoms with Crippen LogP contribution in [0.15, 0.2) is 6.07 Å². The molecule has 0 aliphatic carbocycles. The highest BCUT2D eigenvalue weighted by Gasteiger charge is 2.17. The molecule has 20 heavy (non-hydrogen) atoms. The number of piperidine rings is 1. The molecule has 1 aromatic heterocycles. The van der Waals surface area contributed by atoms with Gasteiger partial charge in [-0.25, -0.2) is 9.97 Å². The summed E-state index contributed by atoms with van der Waals surface area (Å²) in [5.74, 6) is 0.585. The van der Waals surface area contributed by atoms with E-state index in [9.17, 15) is 4.79 Å². The predicted molar refractivity (Wildman–Crippen MR) is 80.1 cm³/mol. The van der Waals surface area contributed by atoms with Gasteiger partial charge in [-0.05, 0) is 45.6 Å². The van der Waals surface area contributed by atoms with Crippen LogP contribution in [0, 0.1) is 6.92 Å². The van der Waals surface area contributed by atoms with Gasteiger partial charge in [0, 0.05) is 24.8 Å². The van der Waals surface area contributed by atoms with Crippen molar-refractivity contribution in [2.24, 2.45) is 0 Å². The molecule has 1 unspecified atom stereocenters. The molecular weight excluding hydrogens is 252 g/mol. The van der Waals surface area contributed by atoms with Crippen molar-refractivity contribution < 1.29 is 4.79 Å². The van der Waals surface area contributed by atoms with Crippen molar-refractivity contribution in [3.63, 3.8) is 0 Å². The molecule has 1 amide bonds. The van der Waals surface area contributed by atoms with E-state index >= 15 is 0 Å². The van der Waals surface area contributed by atoms with E-state index < -0.39 is 0 Å². The summed E-state index contributed by atoms with van der Waals surface area (Å²) < 4.78 is 0. The van der Waals surface area contributed by atoms with Crippen LogP contribution in [0.25, 0.3) is 0 Å². The Balaban J connectivity index is 2.17. The SMILES string of the molecule is CCC(C)NC(=O)c1cc(C)nc(N2CCCCC2)n1. The van der Waals surface area contributed by atoms with E-state index in [1.54, 1.807) is 6.07 Å². The summed E-state index contributed by atoms with van der Waals surface area (Å²) in [5.41, 5.74) is 1.31. The van der Waals surface area contributed by atoms with Crippen LogP contribution in [0.1, 0.15) is 55.7 Å². The van der Waals surface area contributed by atoms with Crippen molar-refractivity contribution in [2.45, 2.75) is 52.5 Å². The van der Waals surface area contributed by atoms with Gasteiger partial charge < -0.3 is 10.2 Å². The highest BCUT2D eigenvalue weighted by atomic mass is 16.1. The summed E-state index contributed by atoms with van der Waals surface area (Å²) in [6, 6.07) is 1.92. The molecule has 0 spiro atoms. The molecule has 0 saturated carbocycles. The topological polar surface area (TPSA) is 58.1 Å². The molecule has 1 aromatic rings. The monoisotopic (exact) mass is 276 g/mol. The second-order valence-electron chi connectivity index (χ2n) is 5.53. The van der Waals surface area contributed by atoms with Crippen LogP contribution in [0.4, 0.5) is 5.95 Å². The molecule has 0 bridgehead atoms. The molecule has 0 aromatic carbocycles. The van der Waals surface area contributed by atoms with Gasteiger partial charge in [0.25, 0.3) is 5.91 Å². The van der Waals surface area contributed by atoms with Crippen LogP contribution in [0.3, 0.4) is 0 Å². The third-order valence-corrected chi connectivity index (χ3v) is 3.70. The lowest BCUT2D eigenvalue weighted by Crippen LogP contribution is -2.34. The normalized spacial score (nSPS) is 16.9. The highest BCUT2D eigenvalue weighted by Crippen LogP contribution is 2.16. The number of anilines is 1. The summed E-state index contributed by atoms with van der Waals surface area (Å²) in [4.78, 5) is 23.3. The molecule has 5 heteroatoms. The van der Waals surface area contributed by atoms with E-state index in [4.69, 9.17) is 0 Å². The zero-order valence-corrected chi connectivity index (χ0v) is 12.6. The standard InChI is InChI=1S/C15H24N4O/c1-4-11(2)16-14(20)13-10-12(3)17-15(18-13)19-8-6-5-7-9-19/h10-11H,4-9H2,1-3H3,(H,16,20). The van der Waals surface area contributed by atoms with Crippen molar-refractivity contribution in [1.82, 2.24) is 15.3 Å². The molecule has 1 N–H and O–H groups in total. The number of amides is 1. The van der Waals surface area contributed by atoms with Crippen molar-refractivity contribution >= 4 is 11.9 Å². The molecule has 1 saturated heterocycles. The lowest BCUT2D eigenvalue weighted by atomic mass is 10.1. The van der Waals surface area contributed by atoms with Crippen molar-refractivity contribution in [2.75, 3.05) is 18.0 Å². The minimum Gasteiger partial charge on any atom is -0.348 e. The van der Waals surface area contributed by atoms with E-state index in [0.29, 0.717) is 11.6 Å². The van der Waals surface area contributed by atoms with Crippen LogP contribution in [-0.4, -0.2) is 35.0 Å². The number of nitrogens with zero attached hydrogens (tertiary/aromatic N) is 3. The zero-order valence-electron chi connectivity index (χ0n) is 12.6. The maximum Gasteiger partial charge on any atom is 0.270 e. The summed E-state index contributed by atoms with van der Waals surface area (Å²) in [7, 11) is 0. The van der Waals surface area contributed by atoms with Crippen molar-refractivity contribution in [3.8, 4) is 0 Å². The Labute approximate surface area is 120 Å². The molecule has 1 fully saturated rings. The summed E-state index contributed by atoms with van der Waals surface area (Å²) in [6.07, 6.45) is 4.52. The van der Waals surface area contributed by atoms with Crippen molar-refractivity contribution in [3.05, 3.63) is 17.5 Å². The van der Waals surface area contributed by atoms with Crippen molar-refractivity contribution in [1.29, 1.82) is 0 Å². The summed E-state index contributed by atoms with van der Waals surface area (Å²) in [6.45, 7) is 7.92. The maximum atomic E-state index is 12.2. The highest BCUT2D eigenvalue weighted by molar-refractivity contribution is 5.92. The smallest absolute Gasteiger partial charge is 0.270 e. The first-order chi connectivity index (χ1) is 9.60. The number of aromatic nitrogens is 2. The molecule has 110 valence electrons. The van der Waals surface area contributed by atoms with Gasteiger partial charge in [0.2, 0.25) is 5.95 Å². The fourth-order valence-corrected chi connectivity index (χ4v) is 2.30. The van der Waals surface area contributed by atoms with Gasteiger partial charge >= 0.3 is 0 Å². The molecule has 1 atom stereocenters. The number of carbonyl (C=O) groups is 1. The second-order valence-corrected chi connectivity index (χ2v) is 5.53. The molecule has 1 aliphatic heterocycles. The van der Waals surface area contributed by atoms with Crippen LogP contribution in [0.5, 0.6) is 0 Å². The Kier molecular flexibility index (Phi) is 4.93. The zero-order chi connectivity index (χ0) is 14.5. The van der Waals surface area contributed by atoms with Gasteiger partial charge in [-0.1, -0.05) is 6.92 Å². The Bertz CT molecular complexity index is 469. The molecule has 0 radical (unpaired) electrons. The van der Waals surface area contributed by atoms with Gasteiger partial charge in [0.1, 0.15) is 5.69 Å². The number of hydrogen-bond acceptors (Lipinski definition) is 4. The molecular formula is C15H24N4O. The van der Waals surface area contributed by atoms with E-state index in [1.807, 2.05) is 13.8 Å². The fraction of sp³-hybridized carbons (Fsp3) is 0.667. The van der Waals surface area contributed by atoms with E-state index in [0.717, 1.165) is 25.2 Å². The van der Waals surface area contributed by atoms with Gasteiger partial charge in [-0.2, -0.15) is 0 Å². The molecule has 2 rings (SSSR count). The van der Waals surface area contributed by atoms with Gasteiger partial charge in [-0.3, -0.25) is 4.79 Å². The Morgan fingerprint density at radius 2 is 2.05 bits per heavy atom. The average Bonchev–Trinajstić information content (AvgIpc) is 2.47. The van der Waals surface area contributed by atoms with Crippen LogP contribution < -0.4 is 10.2 Å². The number of rotatable bonds is 4. The largest absolute Gasteiger partial charge is 0.348 e. The number of nitrogens with one attached hydrogen (secondary N) is 1. The quantitative estimate of drug-likeness (QED) is 0.916. The van der Waals surface area contributed by atoms with Gasteiger partial charge in [-0.15, -0.1) is 0 Å². The number of hydrogen-bond donors (Lipinski definition) is 1. The van der Waals surface area contributed by atoms with Crippen LogP contribution >= 0.6 is 0 Å². The average molecular weight is 276 g/mol. The first-order valence-electron chi connectivity index (χ1n) is 7.51. The molecule has 1 aliphatic rings. The van der Waals surface area contributed by atoms with Crippen LogP contribution in [0.2, 0.25) is 0 Å². The molecule has 5 nitrogen and oxygen atoms in total. The van der Waals surface area contributed by atoms with E-state index in [2.05, 4.69) is 27.1 Å².